The first kappa shape index (κ1) is 20.1. The van der Waals surface area contributed by atoms with Crippen molar-refractivity contribution in [1.29, 1.82) is 10.5 Å². The Bertz CT molecular complexity index is 1270. The third-order valence-corrected chi connectivity index (χ3v) is 5.30. The number of pyridine rings is 1. The van der Waals surface area contributed by atoms with E-state index in [1.165, 1.54) is 24.3 Å². The van der Waals surface area contributed by atoms with E-state index in [0.717, 1.165) is 24.4 Å². The van der Waals surface area contributed by atoms with Gasteiger partial charge in [-0.15, -0.1) is 0 Å². The van der Waals surface area contributed by atoms with Gasteiger partial charge in [-0.25, -0.2) is 17.8 Å². The van der Waals surface area contributed by atoms with Crippen molar-refractivity contribution in [3.63, 3.8) is 0 Å². The molecule has 0 atom stereocenters. The summed E-state index contributed by atoms with van der Waals surface area (Å²) in [7, 11) is -4.09. The predicted molar refractivity (Wildman–Crippen MR) is 102 cm³/mol. The Balaban J connectivity index is 1.94. The highest BCUT2D eigenvalue weighted by Crippen LogP contribution is 2.34. The number of anilines is 1. The third kappa shape index (κ3) is 4.43. The molecule has 2 aromatic carbocycles. The Hall–Kier alpha value is -3.66. The fourth-order valence-corrected chi connectivity index (χ4v) is 3.54. The van der Waals surface area contributed by atoms with Crippen LogP contribution in [0.5, 0.6) is 11.5 Å². The summed E-state index contributed by atoms with van der Waals surface area (Å²) in [5.74, 6) is -0.620. The zero-order valence-corrected chi connectivity index (χ0v) is 16.0. The zero-order chi connectivity index (χ0) is 21.0. The molecule has 10 heteroatoms. The van der Waals surface area contributed by atoms with E-state index in [0.29, 0.717) is 0 Å². The summed E-state index contributed by atoms with van der Waals surface area (Å²) in [5, 5.41) is 18.8. The van der Waals surface area contributed by atoms with Crippen molar-refractivity contribution >= 4 is 27.4 Å². The van der Waals surface area contributed by atoms with Crippen LogP contribution in [0.1, 0.15) is 11.1 Å². The van der Waals surface area contributed by atoms with Gasteiger partial charge in [0.2, 0.25) is 0 Å². The van der Waals surface area contributed by atoms with Crippen LogP contribution in [0.4, 0.5) is 10.2 Å². The van der Waals surface area contributed by atoms with Crippen LogP contribution in [-0.2, 0) is 10.0 Å². The summed E-state index contributed by atoms with van der Waals surface area (Å²) in [6.07, 6.45) is 0.867. The Labute approximate surface area is 170 Å². The highest BCUT2D eigenvalue weighted by atomic mass is 35.5. The predicted octanol–water partition coefficient (Wildman–Crippen LogP) is 4.21. The Kier molecular flexibility index (Phi) is 5.64. The molecule has 0 amide bonds. The molecule has 0 spiro atoms. The minimum atomic E-state index is -4.09. The number of nitriles is 2. The Morgan fingerprint density at radius 2 is 1.83 bits per heavy atom. The summed E-state index contributed by atoms with van der Waals surface area (Å²) in [5.41, 5.74) is 0.0610. The average molecular weight is 429 g/mol. The second-order valence-electron chi connectivity index (χ2n) is 5.57. The van der Waals surface area contributed by atoms with Crippen LogP contribution in [-0.4, -0.2) is 13.4 Å². The number of halogens is 2. The summed E-state index contributed by atoms with van der Waals surface area (Å²) < 4.78 is 45.8. The molecule has 0 aliphatic heterocycles. The lowest BCUT2D eigenvalue weighted by atomic mass is 10.2. The number of hydrogen-bond acceptors (Lipinski definition) is 6. The SMILES string of the molecule is N#Cc1cc(S(=O)(=O)Nc2ccc(F)cn2)ccc1Oc1c(Cl)cccc1C#N. The summed E-state index contributed by atoms with van der Waals surface area (Å²) in [6, 6.07) is 14.2. The van der Waals surface area contributed by atoms with Crippen molar-refractivity contribution < 1.29 is 17.5 Å². The van der Waals surface area contributed by atoms with Crippen LogP contribution >= 0.6 is 11.6 Å². The van der Waals surface area contributed by atoms with Crippen molar-refractivity contribution in [2.24, 2.45) is 0 Å². The molecule has 1 aromatic heterocycles. The van der Waals surface area contributed by atoms with Gasteiger partial charge in [-0.05, 0) is 42.5 Å². The summed E-state index contributed by atoms with van der Waals surface area (Å²) in [4.78, 5) is 3.40. The smallest absolute Gasteiger partial charge is 0.263 e. The van der Waals surface area contributed by atoms with Gasteiger partial charge in [-0.3, -0.25) is 4.72 Å². The second-order valence-corrected chi connectivity index (χ2v) is 7.66. The number of sulfonamides is 1. The van der Waals surface area contributed by atoms with E-state index < -0.39 is 15.8 Å². The Morgan fingerprint density at radius 1 is 1.07 bits per heavy atom. The summed E-state index contributed by atoms with van der Waals surface area (Å²) >= 11 is 6.06. The lowest BCUT2D eigenvalue weighted by Crippen LogP contribution is -2.14. The first-order chi connectivity index (χ1) is 13.8. The van der Waals surface area contributed by atoms with Crippen molar-refractivity contribution in [3.8, 4) is 23.6 Å². The van der Waals surface area contributed by atoms with Gasteiger partial charge in [-0.1, -0.05) is 17.7 Å². The van der Waals surface area contributed by atoms with Crippen LogP contribution in [0.2, 0.25) is 5.02 Å². The molecular formula is C19H10ClFN4O3S. The number of hydrogen-bond donors (Lipinski definition) is 1. The number of nitrogens with one attached hydrogen (secondary N) is 1. The molecule has 0 saturated heterocycles. The molecule has 0 unspecified atom stereocenters. The molecule has 0 bridgehead atoms. The van der Waals surface area contributed by atoms with E-state index >= 15 is 0 Å². The van der Waals surface area contributed by atoms with Gasteiger partial charge in [0.25, 0.3) is 10.0 Å². The molecule has 0 aliphatic rings. The number of para-hydroxylation sites is 1. The third-order valence-electron chi connectivity index (χ3n) is 3.65. The van der Waals surface area contributed by atoms with Crippen LogP contribution in [0.15, 0.2) is 59.6 Å². The molecule has 29 heavy (non-hydrogen) atoms. The molecule has 0 radical (unpaired) electrons. The highest BCUT2D eigenvalue weighted by molar-refractivity contribution is 7.92. The quantitative estimate of drug-likeness (QED) is 0.650. The van der Waals surface area contributed by atoms with Gasteiger partial charge in [-0.2, -0.15) is 10.5 Å². The maximum Gasteiger partial charge on any atom is 0.263 e. The van der Waals surface area contributed by atoms with E-state index in [9.17, 15) is 23.3 Å². The van der Waals surface area contributed by atoms with E-state index in [-0.39, 0.29) is 38.4 Å². The molecule has 1 N–H and O–H groups in total. The number of ether oxygens (including phenoxy) is 1. The standard InChI is InChI=1S/C19H10ClFN4O3S/c20-16-3-1-2-12(9-22)19(16)28-17-6-5-15(8-13(17)10-23)29(26,27)25-18-7-4-14(21)11-24-18/h1-8,11H,(H,24,25). The minimum Gasteiger partial charge on any atom is -0.453 e. The number of nitrogens with zero attached hydrogens (tertiary/aromatic N) is 3. The lowest BCUT2D eigenvalue weighted by molar-refractivity contribution is 0.479. The van der Waals surface area contributed by atoms with Crippen molar-refractivity contribution in [1.82, 2.24) is 4.98 Å². The molecule has 0 aliphatic carbocycles. The first-order valence-corrected chi connectivity index (χ1v) is 9.75. The molecule has 7 nitrogen and oxygen atoms in total. The highest BCUT2D eigenvalue weighted by Gasteiger charge is 2.19. The fraction of sp³-hybridized carbons (Fsp3) is 0. The molecular weight excluding hydrogens is 419 g/mol. The number of rotatable bonds is 5. The maximum atomic E-state index is 12.9. The van der Waals surface area contributed by atoms with Gasteiger partial charge in [0.15, 0.2) is 5.75 Å². The second kappa shape index (κ2) is 8.15. The average Bonchev–Trinajstić information content (AvgIpc) is 2.71. The normalized spacial score (nSPS) is 10.6. The topological polar surface area (TPSA) is 116 Å². The molecule has 1 heterocycles. The van der Waals surface area contributed by atoms with Crippen molar-refractivity contribution in [2.45, 2.75) is 4.90 Å². The van der Waals surface area contributed by atoms with Gasteiger partial charge >= 0.3 is 0 Å². The monoisotopic (exact) mass is 428 g/mol. The maximum absolute atomic E-state index is 12.9. The first-order valence-electron chi connectivity index (χ1n) is 7.89. The Morgan fingerprint density at radius 3 is 2.48 bits per heavy atom. The molecule has 144 valence electrons. The molecule has 0 fully saturated rings. The van der Waals surface area contributed by atoms with Gasteiger partial charge in [0.05, 0.1) is 27.2 Å². The lowest BCUT2D eigenvalue weighted by Gasteiger charge is -2.12. The van der Waals surface area contributed by atoms with Crippen LogP contribution in [0, 0.1) is 28.5 Å². The summed E-state index contributed by atoms with van der Waals surface area (Å²) in [6.45, 7) is 0. The van der Waals surface area contributed by atoms with E-state index in [1.54, 1.807) is 6.07 Å². The largest absolute Gasteiger partial charge is 0.453 e. The molecule has 0 saturated carbocycles. The number of benzene rings is 2. The van der Waals surface area contributed by atoms with Crippen LogP contribution in [0.25, 0.3) is 0 Å². The van der Waals surface area contributed by atoms with E-state index in [4.69, 9.17) is 16.3 Å². The van der Waals surface area contributed by atoms with Crippen molar-refractivity contribution in [2.75, 3.05) is 4.72 Å². The fourth-order valence-electron chi connectivity index (χ4n) is 2.30. The van der Waals surface area contributed by atoms with Gasteiger partial charge < -0.3 is 4.74 Å². The van der Waals surface area contributed by atoms with Crippen LogP contribution in [0.3, 0.4) is 0 Å². The van der Waals surface area contributed by atoms with Gasteiger partial charge in [0, 0.05) is 0 Å². The number of aromatic nitrogens is 1. The minimum absolute atomic E-state index is 0.0240. The van der Waals surface area contributed by atoms with Gasteiger partial charge in [0.1, 0.15) is 29.5 Å². The van der Waals surface area contributed by atoms with Crippen LogP contribution < -0.4 is 9.46 Å². The van der Waals surface area contributed by atoms with Crippen molar-refractivity contribution in [3.05, 3.63) is 76.7 Å². The van der Waals surface area contributed by atoms with E-state index in [2.05, 4.69) is 9.71 Å². The molecule has 3 aromatic rings. The zero-order valence-electron chi connectivity index (χ0n) is 14.4. The molecule has 3 rings (SSSR count). The van der Waals surface area contributed by atoms with E-state index in [1.807, 2.05) is 12.1 Å².